The number of nitrogens with zero attached hydrogens (tertiary/aromatic N) is 3. The molecule has 6 rings (SSSR count). The van der Waals surface area contributed by atoms with Gasteiger partial charge in [-0.3, -0.25) is 29.9 Å². The number of halogens is 3. The van der Waals surface area contributed by atoms with E-state index in [1.807, 2.05) is 0 Å². The molecule has 1 saturated carbocycles. The van der Waals surface area contributed by atoms with Crippen LogP contribution in [0.2, 0.25) is 10.0 Å². The molecule has 0 aromatic heterocycles. The zero-order valence-electron chi connectivity index (χ0n) is 25.1. The van der Waals surface area contributed by atoms with E-state index in [-0.39, 0.29) is 39.7 Å². The Morgan fingerprint density at radius 2 is 1.91 bits per heavy atom. The van der Waals surface area contributed by atoms with Gasteiger partial charge in [0.05, 0.1) is 46.2 Å². The molecule has 0 radical (unpaired) electrons. The van der Waals surface area contributed by atoms with E-state index in [0.29, 0.717) is 16.3 Å². The Kier molecular flexibility index (Phi) is 8.45. The van der Waals surface area contributed by atoms with E-state index in [1.54, 1.807) is 17.0 Å². The van der Waals surface area contributed by atoms with Crippen LogP contribution in [0.3, 0.4) is 0 Å². The lowest BCUT2D eigenvalue weighted by molar-refractivity contribution is -0.528. The highest BCUT2D eigenvalue weighted by Gasteiger charge is 2.71. The van der Waals surface area contributed by atoms with Gasteiger partial charge in [0.25, 0.3) is 11.6 Å². The summed E-state index contributed by atoms with van der Waals surface area (Å²) in [6.45, 7) is 1.71. The fourth-order valence-corrected chi connectivity index (χ4v) is 7.72. The Balaban J connectivity index is 1.57. The van der Waals surface area contributed by atoms with Gasteiger partial charge in [0, 0.05) is 39.4 Å². The molecule has 5 atom stereocenters. The van der Waals surface area contributed by atoms with Crippen molar-refractivity contribution in [1.82, 2.24) is 4.90 Å². The number of hydrogen-bond acceptors (Lipinski definition) is 9. The smallest absolute Gasteiger partial charge is 0.338 e. The van der Waals surface area contributed by atoms with Crippen LogP contribution in [0.15, 0.2) is 48.5 Å². The summed E-state index contributed by atoms with van der Waals surface area (Å²) in [6, 6.07) is 8.12. The minimum Gasteiger partial charge on any atom is -0.465 e. The second-order valence-electron chi connectivity index (χ2n) is 12.2. The van der Waals surface area contributed by atoms with E-state index in [4.69, 9.17) is 27.9 Å². The van der Waals surface area contributed by atoms with E-state index in [9.17, 15) is 34.9 Å². The average Bonchev–Trinajstić information content (AvgIpc) is 3.74. The number of amides is 1. The zero-order valence-corrected chi connectivity index (χ0v) is 26.6. The Morgan fingerprint density at radius 3 is 2.55 bits per heavy atom. The van der Waals surface area contributed by atoms with E-state index in [1.165, 1.54) is 37.3 Å². The minimum atomic E-state index is -1.83. The number of esters is 1. The fraction of sp³-hybridized carbons (Fsp3) is 0.375. The molecule has 3 aromatic carbocycles. The van der Waals surface area contributed by atoms with Crippen LogP contribution in [-0.2, 0) is 15.1 Å². The molecule has 1 amide bonds. The molecular weight excluding hydrogens is 658 g/mol. The Labute approximate surface area is 277 Å². The van der Waals surface area contributed by atoms with Crippen LogP contribution in [0.1, 0.15) is 63.9 Å². The van der Waals surface area contributed by atoms with Gasteiger partial charge in [-0.25, -0.2) is 9.18 Å². The van der Waals surface area contributed by atoms with E-state index in [0.717, 1.165) is 26.0 Å². The molecule has 1 aliphatic carbocycles. The molecular formula is C32H29Cl2FN4O8. The third-order valence-corrected chi connectivity index (χ3v) is 10.1. The van der Waals surface area contributed by atoms with Crippen LogP contribution in [-0.4, -0.2) is 57.5 Å². The van der Waals surface area contributed by atoms with Crippen LogP contribution in [0.25, 0.3) is 0 Å². The molecule has 246 valence electrons. The number of aliphatic hydroxyl groups excluding tert-OH is 1. The lowest BCUT2D eigenvalue weighted by atomic mass is 9.73. The van der Waals surface area contributed by atoms with Crippen LogP contribution in [0.4, 0.5) is 15.8 Å². The first-order valence-corrected chi connectivity index (χ1v) is 15.6. The summed E-state index contributed by atoms with van der Waals surface area (Å²) in [5.41, 5.74) is -1.88. The van der Waals surface area contributed by atoms with Crippen LogP contribution in [0, 0.1) is 38.9 Å². The van der Waals surface area contributed by atoms with Crippen LogP contribution in [0.5, 0.6) is 0 Å². The number of nitrogens with one attached hydrogen (secondary N) is 1. The van der Waals surface area contributed by atoms with Crippen molar-refractivity contribution in [2.75, 3.05) is 19.0 Å². The Morgan fingerprint density at radius 1 is 1.19 bits per heavy atom. The first-order valence-electron chi connectivity index (χ1n) is 14.8. The number of fused-ring (bicyclic) bond motifs is 2. The summed E-state index contributed by atoms with van der Waals surface area (Å²) < 4.78 is 20.7. The highest BCUT2D eigenvalue weighted by atomic mass is 35.5. The highest BCUT2D eigenvalue weighted by Crippen LogP contribution is 2.60. The predicted molar refractivity (Wildman–Crippen MR) is 169 cm³/mol. The predicted octanol–water partition coefficient (Wildman–Crippen LogP) is 5.93. The normalized spacial score (nSPS) is 24.2. The number of anilines is 1. The van der Waals surface area contributed by atoms with Gasteiger partial charge in [-0.15, -0.1) is 0 Å². The van der Waals surface area contributed by atoms with Gasteiger partial charge in [-0.1, -0.05) is 41.4 Å². The standard InChI is InChI=1S/C32H29Cl2FN4O8/c1-15-10-20(24(38(43)44)12-19(15)30(41)47-2)26(40)13-25-29(39(45)46)27(18-4-3-5-22(34)28(18)35)32(37(25)14-16-6-7-16)21-9-8-17(33)11-23(21)36-31(32)42/h3-5,8-12,16,25-27,29,40H,6-7,13-14H2,1-2H3,(H,36,42)/t25-,26?,27-,29+,32+/m0/s1. The molecule has 2 N–H and O–H groups in total. The summed E-state index contributed by atoms with van der Waals surface area (Å²) in [6.07, 6.45) is -0.525. The number of carbonyl (C=O) groups is 2. The second-order valence-corrected chi connectivity index (χ2v) is 13.0. The summed E-state index contributed by atoms with van der Waals surface area (Å²) in [5, 5.41) is 39.8. The maximum absolute atomic E-state index is 16.0. The molecule has 1 unspecified atom stereocenters. The number of rotatable bonds is 9. The van der Waals surface area contributed by atoms with Gasteiger partial charge in [-0.2, -0.15) is 0 Å². The van der Waals surface area contributed by atoms with Gasteiger partial charge in [0.15, 0.2) is 0 Å². The van der Waals surface area contributed by atoms with Crippen LogP contribution < -0.4 is 5.32 Å². The molecule has 3 aliphatic rings. The topological polar surface area (TPSA) is 165 Å². The lowest BCUT2D eigenvalue weighted by Gasteiger charge is -2.39. The number of aryl methyl sites for hydroxylation is 1. The molecule has 3 aromatic rings. The molecule has 12 nitrogen and oxygen atoms in total. The zero-order chi connectivity index (χ0) is 33.9. The molecule has 1 spiro atoms. The molecule has 47 heavy (non-hydrogen) atoms. The quantitative estimate of drug-likeness (QED) is 0.158. The van der Waals surface area contributed by atoms with Crippen molar-refractivity contribution in [2.24, 2.45) is 5.92 Å². The number of nitro groups is 2. The fourth-order valence-electron chi connectivity index (χ4n) is 7.37. The first-order chi connectivity index (χ1) is 22.3. The molecule has 1 saturated heterocycles. The number of hydrogen-bond donors (Lipinski definition) is 2. The molecule has 2 fully saturated rings. The number of benzene rings is 3. The van der Waals surface area contributed by atoms with Crippen molar-refractivity contribution >= 4 is 46.5 Å². The van der Waals surface area contributed by atoms with Gasteiger partial charge >= 0.3 is 5.97 Å². The first kappa shape index (κ1) is 32.8. The van der Waals surface area contributed by atoms with Gasteiger partial charge in [0.1, 0.15) is 11.4 Å². The Bertz CT molecular complexity index is 1840. The molecule has 0 bridgehead atoms. The number of carbonyl (C=O) groups excluding carboxylic acids is 2. The van der Waals surface area contributed by atoms with Crippen LogP contribution >= 0.6 is 23.2 Å². The van der Waals surface area contributed by atoms with Gasteiger partial charge < -0.3 is 15.2 Å². The number of methoxy groups -OCH3 is 1. The summed E-state index contributed by atoms with van der Waals surface area (Å²) >= 11 is 12.5. The monoisotopic (exact) mass is 686 g/mol. The molecule has 15 heteroatoms. The molecule has 2 heterocycles. The van der Waals surface area contributed by atoms with Crippen molar-refractivity contribution in [3.8, 4) is 0 Å². The number of likely N-dealkylation sites (tertiary alicyclic amines) is 1. The van der Waals surface area contributed by atoms with Gasteiger partial charge in [0.2, 0.25) is 6.04 Å². The van der Waals surface area contributed by atoms with Crippen molar-refractivity contribution in [3.63, 3.8) is 0 Å². The van der Waals surface area contributed by atoms with Crippen molar-refractivity contribution in [1.29, 1.82) is 0 Å². The third-order valence-electron chi connectivity index (χ3n) is 9.54. The van der Waals surface area contributed by atoms with Crippen molar-refractivity contribution in [2.45, 2.75) is 55.8 Å². The lowest BCUT2D eigenvalue weighted by Crippen LogP contribution is -2.53. The van der Waals surface area contributed by atoms with Gasteiger partial charge in [-0.05, 0) is 61.9 Å². The maximum Gasteiger partial charge on any atom is 0.338 e. The van der Waals surface area contributed by atoms with E-state index >= 15 is 4.39 Å². The highest BCUT2D eigenvalue weighted by molar-refractivity contribution is 6.31. The molecule has 2 aliphatic heterocycles. The second kappa shape index (κ2) is 12.1. The van der Waals surface area contributed by atoms with E-state index < -0.39 is 69.3 Å². The summed E-state index contributed by atoms with van der Waals surface area (Å²) in [7, 11) is 1.13. The van der Waals surface area contributed by atoms with Crippen molar-refractivity contribution in [3.05, 3.63) is 112 Å². The third kappa shape index (κ3) is 5.31. The number of ether oxygens (including phenoxy) is 1. The minimum absolute atomic E-state index is 0.0574. The SMILES string of the molecule is COC(=O)c1cc([N+](=O)[O-])c(C(O)C[C@H]2[C@@H]([N+](=O)[O-])[C@H](c3cccc(Cl)c3F)[C@]3(C(=O)Nc4cc(Cl)ccc43)N2CC2CC2)cc1C. The largest absolute Gasteiger partial charge is 0.465 e. The van der Waals surface area contributed by atoms with Crippen molar-refractivity contribution < 1.29 is 33.7 Å². The Hall–Kier alpha value is -4.17. The number of nitro benzene ring substituents is 1. The summed E-state index contributed by atoms with van der Waals surface area (Å²) in [5.74, 6) is -3.74. The number of aliphatic hydroxyl groups is 1. The maximum atomic E-state index is 16.0. The summed E-state index contributed by atoms with van der Waals surface area (Å²) in [4.78, 5) is 52.3. The van der Waals surface area contributed by atoms with E-state index in [2.05, 4.69) is 5.32 Å². The average molecular weight is 688 g/mol.